The summed E-state index contributed by atoms with van der Waals surface area (Å²) < 4.78 is 11.3. The Morgan fingerprint density at radius 2 is 1.62 bits per heavy atom. The van der Waals surface area contributed by atoms with Gasteiger partial charge < -0.3 is 14.4 Å². The number of nitrogens with zero attached hydrogens (tertiary/aromatic N) is 2. The zero-order chi connectivity index (χ0) is 24.1. The topological polar surface area (TPSA) is 42.0 Å². The maximum atomic E-state index is 13.2. The summed E-state index contributed by atoms with van der Waals surface area (Å²) in [5, 5.41) is 1.76. The normalized spacial score (nSPS) is 14.2. The maximum Gasteiger partial charge on any atom is 0.253 e. The van der Waals surface area contributed by atoms with Crippen LogP contribution in [0, 0.1) is 0 Å². The molecular weight excluding hydrogens is 495 g/mol. The number of carbonyl (C=O) groups excluding carboxylic acids is 1. The molecule has 1 amide bonds. The summed E-state index contributed by atoms with van der Waals surface area (Å²) >= 11 is 18.1. The zero-order valence-electron chi connectivity index (χ0n) is 18.8. The van der Waals surface area contributed by atoms with Crippen molar-refractivity contribution >= 4 is 40.7 Å². The monoisotopic (exact) mass is 518 g/mol. The summed E-state index contributed by atoms with van der Waals surface area (Å²) in [5.41, 5.74) is 2.53. The molecule has 0 spiro atoms. The highest BCUT2D eigenvalue weighted by atomic mass is 35.5. The van der Waals surface area contributed by atoms with Crippen molar-refractivity contribution in [2.75, 3.05) is 33.3 Å². The zero-order valence-corrected chi connectivity index (χ0v) is 21.0. The average molecular weight is 520 g/mol. The first-order valence-corrected chi connectivity index (χ1v) is 12.1. The second-order valence-corrected chi connectivity index (χ2v) is 9.34. The molecule has 0 N–H and O–H groups in total. The molecule has 0 radical (unpaired) electrons. The SMILES string of the molecule is COc1ccc(C(=O)N2CCN(Cc3ccc(Cl)c(Cl)c3)CC2)cc1COc1ccc(Cl)cc1. The molecule has 34 heavy (non-hydrogen) atoms. The molecule has 1 aliphatic rings. The van der Waals surface area contributed by atoms with Crippen molar-refractivity contribution in [3.05, 3.63) is 92.4 Å². The largest absolute Gasteiger partial charge is 0.496 e. The van der Waals surface area contributed by atoms with Gasteiger partial charge >= 0.3 is 0 Å². The van der Waals surface area contributed by atoms with Crippen LogP contribution in [0.5, 0.6) is 11.5 Å². The molecule has 0 bridgehead atoms. The molecule has 4 rings (SSSR count). The van der Waals surface area contributed by atoms with Crippen molar-refractivity contribution in [3.63, 3.8) is 0 Å². The van der Waals surface area contributed by atoms with Gasteiger partial charge in [0.2, 0.25) is 0 Å². The molecule has 1 aliphatic heterocycles. The molecule has 0 aliphatic carbocycles. The number of benzene rings is 3. The number of hydrogen-bond donors (Lipinski definition) is 0. The lowest BCUT2D eigenvalue weighted by molar-refractivity contribution is 0.0628. The van der Waals surface area contributed by atoms with Gasteiger partial charge in [-0.15, -0.1) is 0 Å². The third-order valence-corrected chi connectivity index (χ3v) is 6.78. The van der Waals surface area contributed by atoms with Gasteiger partial charge in [-0.25, -0.2) is 0 Å². The Balaban J connectivity index is 1.37. The summed E-state index contributed by atoms with van der Waals surface area (Å²) in [6.45, 7) is 3.94. The van der Waals surface area contributed by atoms with Crippen molar-refractivity contribution in [2.45, 2.75) is 13.2 Å². The first kappa shape index (κ1) is 24.7. The number of amides is 1. The van der Waals surface area contributed by atoms with E-state index in [2.05, 4.69) is 4.90 Å². The van der Waals surface area contributed by atoms with Gasteiger partial charge in [0.05, 0.1) is 17.2 Å². The summed E-state index contributed by atoms with van der Waals surface area (Å²) in [7, 11) is 1.61. The average Bonchev–Trinajstić information content (AvgIpc) is 2.86. The Labute approximate surface area is 214 Å². The Morgan fingerprint density at radius 3 is 2.29 bits per heavy atom. The number of methoxy groups -OCH3 is 1. The van der Waals surface area contributed by atoms with Crippen molar-refractivity contribution in [2.24, 2.45) is 0 Å². The van der Waals surface area contributed by atoms with E-state index < -0.39 is 0 Å². The van der Waals surface area contributed by atoms with Gasteiger partial charge in [-0.2, -0.15) is 0 Å². The molecule has 1 heterocycles. The van der Waals surface area contributed by atoms with E-state index >= 15 is 0 Å². The van der Waals surface area contributed by atoms with E-state index in [9.17, 15) is 4.79 Å². The van der Waals surface area contributed by atoms with Gasteiger partial charge in [0.15, 0.2) is 0 Å². The predicted octanol–water partition coefficient (Wildman–Crippen LogP) is 6.19. The minimum Gasteiger partial charge on any atom is -0.496 e. The van der Waals surface area contributed by atoms with Crippen LogP contribution >= 0.6 is 34.8 Å². The van der Waals surface area contributed by atoms with E-state index in [1.807, 2.05) is 35.2 Å². The van der Waals surface area contributed by atoms with Crippen LogP contribution in [0.25, 0.3) is 0 Å². The minimum atomic E-state index is 0.00424. The van der Waals surface area contributed by atoms with Crippen molar-refractivity contribution in [1.82, 2.24) is 9.80 Å². The molecule has 0 unspecified atom stereocenters. The molecule has 3 aromatic rings. The van der Waals surface area contributed by atoms with E-state index in [-0.39, 0.29) is 12.5 Å². The fraction of sp³-hybridized carbons (Fsp3) is 0.269. The predicted molar refractivity (Wildman–Crippen MR) is 136 cm³/mol. The first-order chi connectivity index (χ1) is 16.4. The summed E-state index contributed by atoms with van der Waals surface area (Å²) in [6, 6.07) is 18.3. The van der Waals surface area contributed by atoms with Crippen LogP contribution in [-0.4, -0.2) is 49.0 Å². The van der Waals surface area contributed by atoms with Crippen LogP contribution in [0.1, 0.15) is 21.5 Å². The van der Waals surface area contributed by atoms with Gasteiger partial charge in [-0.3, -0.25) is 9.69 Å². The number of halogens is 3. The molecule has 8 heteroatoms. The molecule has 0 aromatic heterocycles. The lowest BCUT2D eigenvalue weighted by Gasteiger charge is -2.35. The second kappa shape index (κ2) is 11.3. The van der Waals surface area contributed by atoms with Crippen molar-refractivity contribution < 1.29 is 14.3 Å². The van der Waals surface area contributed by atoms with Crippen LogP contribution in [-0.2, 0) is 13.2 Å². The van der Waals surface area contributed by atoms with Crippen LogP contribution in [0.3, 0.4) is 0 Å². The molecule has 0 saturated carbocycles. The molecule has 0 atom stereocenters. The second-order valence-electron chi connectivity index (χ2n) is 8.09. The summed E-state index contributed by atoms with van der Waals surface area (Å²) in [5.74, 6) is 1.38. The smallest absolute Gasteiger partial charge is 0.253 e. The van der Waals surface area contributed by atoms with E-state index in [0.29, 0.717) is 45.2 Å². The summed E-state index contributed by atoms with van der Waals surface area (Å²) in [4.78, 5) is 17.4. The Kier molecular flexibility index (Phi) is 8.22. The van der Waals surface area contributed by atoms with Gasteiger partial charge in [-0.1, -0.05) is 40.9 Å². The van der Waals surface area contributed by atoms with E-state index in [4.69, 9.17) is 44.3 Å². The van der Waals surface area contributed by atoms with Gasteiger partial charge in [0.25, 0.3) is 5.91 Å². The molecule has 5 nitrogen and oxygen atoms in total. The molecule has 1 fully saturated rings. The van der Waals surface area contributed by atoms with Crippen LogP contribution < -0.4 is 9.47 Å². The van der Waals surface area contributed by atoms with Gasteiger partial charge in [-0.05, 0) is 60.2 Å². The lowest BCUT2D eigenvalue weighted by atomic mass is 10.1. The highest BCUT2D eigenvalue weighted by molar-refractivity contribution is 6.42. The number of ether oxygens (including phenoxy) is 2. The minimum absolute atomic E-state index is 0.00424. The quantitative estimate of drug-likeness (QED) is 0.373. The van der Waals surface area contributed by atoms with Gasteiger partial charge in [0, 0.05) is 48.9 Å². The fourth-order valence-corrected chi connectivity index (χ4v) is 4.35. The number of piperazine rings is 1. The highest BCUT2D eigenvalue weighted by Crippen LogP contribution is 2.25. The third-order valence-electron chi connectivity index (χ3n) is 5.79. The van der Waals surface area contributed by atoms with Crippen LogP contribution in [0.15, 0.2) is 60.7 Å². The Hall–Kier alpha value is -2.44. The standard InChI is InChI=1S/C26H25Cl3N2O3/c1-33-25-9-3-19(15-20(25)17-34-22-6-4-21(27)5-7-22)26(32)31-12-10-30(11-13-31)16-18-2-8-23(28)24(29)14-18/h2-9,14-15H,10-13,16-17H2,1H3. The van der Waals surface area contributed by atoms with Crippen molar-refractivity contribution in [3.8, 4) is 11.5 Å². The highest BCUT2D eigenvalue weighted by Gasteiger charge is 2.23. The number of hydrogen-bond acceptors (Lipinski definition) is 4. The van der Waals surface area contributed by atoms with E-state index in [1.165, 1.54) is 0 Å². The van der Waals surface area contributed by atoms with Crippen LogP contribution in [0.2, 0.25) is 15.1 Å². The molecular formula is C26H25Cl3N2O3. The van der Waals surface area contributed by atoms with E-state index in [1.54, 1.807) is 37.4 Å². The number of carbonyl (C=O) groups is 1. The summed E-state index contributed by atoms with van der Waals surface area (Å²) in [6.07, 6.45) is 0. The maximum absolute atomic E-state index is 13.2. The van der Waals surface area contributed by atoms with Crippen LogP contribution in [0.4, 0.5) is 0 Å². The Bertz CT molecular complexity index is 1150. The molecule has 3 aromatic carbocycles. The van der Waals surface area contributed by atoms with Crippen molar-refractivity contribution in [1.29, 1.82) is 0 Å². The Morgan fingerprint density at radius 1 is 0.882 bits per heavy atom. The molecule has 1 saturated heterocycles. The molecule has 178 valence electrons. The van der Waals surface area contributed by atoms with Gasteiger partial charge in [0.1, 0.15) is 18.1 Å². The lowest BCUT2D eigenvalue weighted by Crippen LogP contribution is -2.48. The fourth-order valence-electron chi connectivity index (χ4n) is 3.90. The first-order valence-electron chi connectivity index (χ1n) is 10.9. The number of rotatable bonds is 7. The third kappa shape index (κ3) is 6.16. The van der Waals surface area contributed by atoms with E-state index in [0.717, 1.165) is 30.8 Å².